The molecule has 0 aromatic heterocycles. The fourth-order valence-electron chi connectivity index (χ4n) is 0.922. The first kappa shape index (κ1) is 14.8. The third-order valence-corrected chi connectivity index (χ3v) is 2.38. The Hall–Kier alpha value is -1.17. The summed E-state index contributed by atoms with van der Waals surface area (Å²) in [7, 11) is 1.58. The Morgan fingerprint density at radius 1 is 1.38 bits per heavy atom. The van der Waals surface area contributed by atoms with E-state index >= 15 is 0 Å². The molecule has 0 aromatic rings. The summed E-state index contributed by atoms with van der Waals surface area (Å²) in [5.41, 5.74) is -0.545. The second kappa shape index (κ2) is 5.79. The number of carboxylic acids is 1. The van der Waals surface area contributed by atoms with E-state index in [2.05, 4.69) is 10.6 Å². The molecule has 0 rings (SSSR count). The number of carbonyl (C=O) groups is 2. The van der Waals surface area contributed by atoms with Gasteiger partial charge in [-0.25, -0.2) is 4.79 Å². The van der Waals surface area contributed by atoms with Crippen molar-refractivity contribution in [2.75, 3.05) is 7.05 Å². The molecule has 0 bridgehead atoms. The molecule has 6 heteroatoms. The minimum atomic E-state index is -1.09. The number of hydrogen-bond acceptors (Lipinski definition) is 3. The van der Waals surface area contributed by atoms with E-state index in [1.807, 2.05) is 0 Å². The monoisotopic (exact) mass is 246 g/mol. The van der Waals surface area contributed by atoms with E-state index in [-0.39, 0.29) is 17.3 Å². The van der Waals surface area contributed by atoms with Crippen molar-refractivity contribution in [1.29, 1.82) is 0 Å². The molecular formula is C10H18N2O3S. The van der Waals surface area contributed by atoms with Gasteiger partial charge in [-0.2, -0.15) is 0 Å². The normalized spacial score (nSPS) is 12.8. The van der Waals surface area contributed by atoms with E-state index in [4.69, 9.17) is 17.3 Å². The Balaban J connectivity index is 4.53. The topological polar surface area (TPSA) is 78.4 Å². The van der Waals surface area contributed by atoms with Gasteiger partial charge in [0, 0.05) is 18.9 Å². The number of hydrogen-bond donors (Lipinski definition) is 3. The molecule has 0 heterocycles. The number of carbonyl (C=O) groups excluding carboxylic acids is 1. The van der Waals surface area contributed by atoms with Crippen LogP contribution in [0.5, 0.6) is 0 Å². The van der Waals surface area contributed by atoms with Crippen molar-refractivity contribution < 1.29 is 14.7 Å². The van der Waals surface area contributed by atoms with Crippen LogP contribution in [0, 0.1) is 5.41 Å². The quantitative estimate of drug-likeness (QED) is 0.628. The van der Waals surface area contributed by atoms with Gasteiger partial charge < -0.3 is 15.7 Å². The first-order chi connectivity index (χ1) is 7.18. The SMILES string of the molecule is CNC(=S)NC(CC(=O)C(C)(C)C)C(=O)O. The molecule has 0 aliphatic carbocycles. The van der Waals surface area contributed by atoms with Gasteiger partial charge in [0.25, 0.3) is 0 Å². The number of thiocarbonyl (C=S) groups is 1. The predicted molar refractivity (Wildman–Crippen MR) is 65.3 cm³/mol. The fraction of sp³-hybridized carbons (Fsp3) is 0.700. The van der Waals surface area contributed by atoms with Crippen LogP contribution in [-0.4, -0.2) is 35.1 Å². The number of rotatable bonds is 4. The van der Waals surface area contributed by atoms with Gasteiger partial charge in [-0.15, -0.1) is 0 Å². The van der Waals surface area contributed by atoms with Crippen molar-refractivity contribution >= 4 is 29.1 Å². The van der Waals surface area contributed by atoms with Crippen molar-refractivity contribution in [3.63, 3.8) is 0 Å². The standard InChI is InChI=1S/C10H18N2O3S/c1-10(2,3)7(13)5-6(8(14)15)12-9(16)11-4/h6H,5H2,1-4H3,(H,14,15)(H2,11,12,16). The molecule has 5 nitrogen and oxygen atoms in total. The Morgan fingerprint density at radius 3 is 2.19 bits per heavy atom. The summed E-state index contributed by atoms with van der Waals surface area (Å²) < 4.78 is 0. The molecule has 16 heavy (non-hydrogen) atoms. The lowest BCUT2D eigenvalue weighted by atomic mass is 9.87. The largest absolute Gasteiger partial charge is 0.480 e. The first-order valence-corrected chi connectivity index (χ1v) is 5.33. The maximum Gasteiger partial charge on any atom is 0.326 e. The van der Waals surface area contributed by atoms with E-state index in [0.29, 0.717) is 0 Å². The zero-order valence-corrected chi connectivity index (χ0v) is 10.8. The number of aliphatic carboxylic acids is 1. The van der Waals surface area contributed by atoms with E-state index in [1.165, 1.54) is 0 Å². The van der Waals surface area contributed by atoms with Gasteiger partial charge in [-0.1, -0.05) is 20.8 Å². The number of ketones is 1. The third-order valence-electron chi connectivity index (χ3n) is 2.06. The van der Waals surface area contributed by atoms with E-state index < -0.39 is 17.4 Å². The van der Waals surface area contributed by atoms with Crippen LogP contribution in [-0.2, 0) is 9.59 Å². The smallest absolute Gasteiger partial charge is 0.326 e. The summed E-state index contributed by atoms with van der Waals surface area (Å²) in [4.78, 5) is 22.6. The maximum atomic E-state index is 11.7. The van der Waals surface area contributed by atoms with Crippen molar-refractivity contribution in [3.05, 3.63) is 0 Å². The molecule has 0 aliphatic heterocycles. The molecule has 0 spiro atoms. The average Bonchev–Trinajstić information content (AvgIpc) is 2.14. The molecule has 1 atom stereocenters. The van der Waals surface area contributed by atoms with Gasteiger partial charge in [-0.05, 0) is 12.2 Å². The molecule has 0 fully saturated rings. The van der Waals surface area contributed by atoms with Crippen LogP contribution in [0.2, 0.25) is 0 Å². The predicted octanol–water partition coefficient (Wildman–Crippen LogP) is 0.539. The fourth-order valence-corrected chi connectivity index (χ4v) is 1.06. The third kappa shape index (κ3) is 5.06. The number of carboxylic acid groups (broad SMARTS) is 1. The summed E-state index contributed by atoms with van der Waals surface area (Å²) in [6.07, 6.45) is -0.0827. The van der Waals surface area contributed by atoms with Crippen LogP contribution >= 0.6 is 12.2 Å². The van der Waals surface area contributed by atoms with Crippen LogP contribution in [0.15, 0.2) is 0 Å². The summed E-state index contributed by atoms with van der Waals surface area (Å²) in [6, 6.07) is -0.980. The van der Waals surface area contributed by atoms with E-state index in [9.17, 15) is 9.59 Å². The Morgan fingerprint density at radius 2 is 1.88 bits per heavy atom. The van der Waals surface area contributed by atoms with Gasteiger partial charge in [0.15, 0.2) is 5.11 Å². The van der Waals surface area contributed by atoms with Crippen LogP contribution in [0.25, 0.3) is 0 Å². The molecule has 0 saturated heterocycles. The summed E-state index contributed by atoms with van der Waals surface area (Å²) in [6.45, 7) is 5.26. The van der Waals surface area contributed by atoms with Crippen molar-refractivity contribution in [2.45, 2.75) is 33.2 Å². The van der Waals surface area contributed by atoms with Gasteiger partial charge in [0.1, 0.15) is 11.8 Å². The molecule has 3 N–H and O–H groups in total. The van der Waals surface area contributed by atoms with Crippen LogP contribution in [0.3, 0.4) is 0 Å². The van der Waals surface area contributed by atoms with Crippen LogP contribution in [0.4, 0.5) is 0 Å². The van der Waals surface area contributed by atoms with Gasteiger partial charge in [0.2, 0.25) is 0 Å². The number of nitrogens with one attached hydrogen (secondary N) is 2. The molecule has 1 unspecified atom stereocenters. The summed E-state index contributed by atoms with van der Waals surface area (Å²) in [5, 5.41) is 14.3. The molecule has 0 radical (unpaired) electrons. The lowest BCUT2D eigenvalue weighted by molar-refractivity contribution is -0.141. The van der Waals surface area contributed by atoms with Gasteiger partial charge in [-0.3, -0.25) is 4.79 Å². The zero-order valence-electron chi connectivity index (χ0n) is 9.96. The summed E-state index contributed by atoms with van der Waals surface area (Å²) >= 11 is 4.80. The van der Waals surface area contributed by atoms with Crippen molar-refractivity contribution in [1.82, 2.24) is 10.6 Å². The molecule has 0 aliphatic rings. The highest BCUT2D eigenvalue weighted by Crippen LogP contribution is 2.17. The zero-order chi connectivity index (χ0) is 12.9. The molecule has 0 amide bonds. The van der Waals surface area contributed by atoms with Crippen LogP contribution < -0.4 is 10.6 Å². The van der Waals surface area contributed by atoms with Gasteiger partial charge in [0.05, 0.1) is 0 Å². The minimum Gasteiger partial charge on any atom is -0.480 e. The highest BCUT2D eigenvalue weighted by atomic mass is 32.1. The first-order valence-electron chi connectivity index (χ1n) is 4.93. The lowest BCUT2D eigenvalue weighted by Gasteiger charge is -2.21. The Labute approximate surface area is 101 Å². The molecule has 0 saturated carbocycles. The van der Waals surface area contributed by atoms with Crippen LogP contribution in [0.1, 0.15) is 27.2 Å². The lowest BCUT2D eigenvalue weighted by Crippen LogP contribution is -2.46. The highest BCUT2D eigenvalue weighted by Gasteiger charge is 2.28. The second-order valence-corrected chi connectivity index (χ2v) is 4.90. The Bertz CT molecular complexity index is 297. The number of Topliss-reactive ketones (excluding diaryl/α,β-unsaturated/α-hetero) is 1. The van der Waals surface area contributed by atoms with E-state index in [1.54, 1.807) is 27.8 Å². The average molecular weight is 246 g/mol. The molecular weight excluding hydrogens is 228 g/mol. The minimum absolute atomic E-state index is 0.0827. The molecule has 92 valence electrons. The second-order valence-electron chi connectivity index (χ2n) is 4.49. The highest BCUT2D eigenvalue weighted by molar-refractivity contribution is 7.80. The van der Waals surface area contributed by atoms with E-state index in [0.717, 1.165) is 0 Å². The van der Waals surface area contributed by atoms with Crippen molar-refractivity contribution in [2.24, 2.45) is 5.41 Å². The maximum absolute atomic E-state index is 11.7. The van der Waals surface area contributed by atoms with Crippen molar-refractivity contribution in [3.8, 4) is 0 Å². The molecule has 0 aromatic carbocycles. The Kier molecular flexibility index (Phi) is 5.37. The van der Waals surface area contributed by atoms with Gasteiger partial charge >= 0.3 is 5.97 Å². The summed E-state index contributed by atoms with van der Waals surface area (Å²) in [5.74, 6) is -1.21.